The molecule has 0 aliphatic carbocycles. The third kappa shape index (κ3) is 2.87. The molecule has 3 atom stereocenters. The predicted molar refractivity (Wildman–Crippen MR) is 72.4 cm³/mol. The number of Topliss-reactive ketones (excluding diaryl/α,β-unsaturated/α-hetero) is 1. The monoisotopic (exact) mass is 256 g/mol. The molecule has 3 heteroatoms. The Labute approximate surface area is 109 Å². The van der Waals surface area contributed by atoms with Crippen LogP contribution in [-0.2, 0) is 9.53 Å². The van der Waals surface area contributed by atoms with Gasteiger partial charge in [-0.1, -0.05) is 13.8 Å². The third-order valence-electron chi connectivity index (χ3n) is 4.29. The van der Waals surface area contributed by atoms with E-state index in [-0.39, 0.29) is 11.5 Å². The Kier molecular flexibility index (Phi) is 4.19. The first-order chi connectivity index (χ1) is 8.04. The van der Waals surface area contributed by atoms with Crippen LogP contribution in [0.5, 0.6) is 0 Å². The van der Waals surface area contributed by atoms with E-state index in [0.29, 0.717) is 17.6 Å². The lowest BCUT2D eigenvalue weighted by Gasteiger charge is -2.41. The molecule has 0 saturated carbocycles. The zero-order valence-corrected chi connectivity index (χ0v) is 12.0. The van der Waals surface area contributed by atoms with Crippen LogP contribution in [0.1, 0.15) is 40.0 Å². The standard InChI is InChI=1S/C14H24O2S/c1-10(2)13(11(3)15)12-4-6-16-14(8-12)5-7-17-9-14/h10,12-13H,4-9H2,1-3H3. The van der Waals surface area contributed by atoms with Gasteiger partial charge in [0.2, 0.25) is 0 Å². The topological polar surface area (TPSA) is 26.3 Å². The van der Waals surface area contributed by atoms with E-state index in [9.17, 15) is 4.79 Å². The Balaban J connectivity index is 2.07. The van der Waals surface area contributed by atoms with Crippen molar-refractivity contribution in [2.75, 3.05) is 18.1 Å². The number of thioether (sulfide) groups is 1. The van der Waals surface area contributed by atoms with Gasteiger partial charge in [0.25, 0.3) is 0 Å². The molecule has 0 N–H and O–H groups in total. The summed E-state index contributed by atoms with van der Waals surface area (Å²) in [6.45, 7) is 6.97. The van der Waals surface area contributed by atoms with Gasteiger partial charge in [0.05, 0.1) is 5.60 Å². The van der Waals surface area contributed by atoms with E-state index in [1.807, 2.05) is 11.8 Å². The molecule has 2 nitrogen and oxygen atoms in total. The van der Waals surface area contributed by atoms with Crippen molar-refractivity contribution < 1.29 is 9.53 Å². The molecule has 98 valence electrons. The highest BCUT2D eigenvalue weighted by atomic mass is 32.2. The molecule has 0 aromatic heterocycles. The van der Waals surface area contributed by atoms with E-state index in [0.717, 1.165) is 25.2 Å². The molecular formula is C14H24O2S. The Bertz CT molecular complexity index is 282. The second kappa shape index (κ2) is 5.31. The van der Waals surface area contributed by atoms with Gasteiger partial charge in [-0.25, -0.2) is 0 Å². The van der Waals surface area contributed by atoms with Crippen molar-refractivity contribution in [2.45, 2.75) is 45.6 Å². The van der Waals surface area contributed by atoms with Gasteiger partial charge in [-0.05, 0) is 43.8 Å². The first-order valence-corrected chi connectivity index (χ1v) is 7.92. The van der Waals surface area contributed by atoms with E-state index in [1.165, 1.54) is 12.2 Å². The summed E-state index contributed by atoms with van der Waals surface area (Å²) < 4.78 is 6.03. The lowest BCUT2D eigenvalue weighted by atomic mass is 9.72. The molecule has 2 aliphatic rings. The molecule has 17 heavy (non-hydrogen) atoms. The van der Waals surface area contributed by atoms with Gasteiger partial charge < -0.3 is 4.74 Å². The molecule has 2 aliphatic heterocycles. The maximum absolute atomic E-state index is 11.8. The van der Waals surface area contributed by atoms with Gasteiger partial charge >= 0.3 is 0 Å². The molecule has 0 amide bonds. The maximum atomic E-state index is 11.8. The summed E-state index contributed by atoms with van der Waals surface area (Å²) >= 11 is 2.00. The second-order valence-corrected chi connectivity index (χ2v) is 7.07. The lowest BCUT2D eigenvalue weighted by Crippen LogP contribution is -2.44. The minimum Gasteiger partial charge on any atom is -0.374 e. The summed E-state index contributed by atoms with van der Waals surface area (Å²) in [5.74, 6) is 3.96. The fraction of sp³-hybridized carbons (Fsp3) is 0.929. The van der Waals surface area contributed by atoms with Crippen LogP contribution < -0.4 is 0 Å². The highest BCUT2D eigenvalue weighted by Crippen LogP contribution is 2.43. The first-order valence-electron chi connectivity index (χ1n) is 6.76. The summed E-state index contributed by atoms with van der Waals surface area (Å²) in [5.41, 5.74) is 0.107. The minimum atomic E-state index is 0.107. The molecule has 0 bridgehead atoms. The number of carbonyl (C=O) groups excluding carboxylic acids is 1. The quantitative estimate of drug-likeness (QED) is 0.776. The van der Waals surface area contributed by atoms with Crippen LogP contribution in [-0.4, -0.2) is 29.5 Å². The van der Waals surface area contributed by atoms with Gasteiger partial charge in [-0.15, -0.1) is 0 Å². The average molecular weight is 256 g/mol. The molecule has 2 fully saturated rings. The van der Waals surface area contributed by atoms with Gasteiger partial charge in [0.15, 0.2) is 0 Å². The van der Waals surface area contributed by atoms with Crippen molar-refractivity contribution in [3.05, 3.63) is 0 Å². The molecule has 0 radical (unpaired) electrons. The second-order valence-electron chi connectivity index (χ2n) is 5.97. The van der Waals surface area contributed by atoms with Crippen molar-refractivity contribution in [1.29, 1.82) is 0 Å². The maximum Gasteiger partial charge on any atom is 0.133 e. The summed E-state index contributed by atoms with van der Waals surface area (Å²) in [6, 6.07) is 0. The number of carbonyl (C=O) groups is 1. The highest BCUT2D eigenvalue weighted by Gasteiger charge is 2.43. The molecule has 3 unspecified atom stereocenters. The Morgan fingerprint density at radius 1 is 1.47 bits per heavy atom. The van der Waals surface area contributed by atoms with Gasteiger partial charge in [0, 0.05) is 18.3 Å². The van der Waals surface area contributed by atoms with E-state index in [2.05, 4.69) is 13.8 Å². The van der Waals surface area contributed by atoms with E-state index < -0.39 is 0 Å². The molecule has 1 spiro atoms. The van der Waals surface area contributed by atoms with Gasteiger partial charge in [-0.2, -0.15) is 11.8 Å². The van der Waals surface area contributed by atoms with E-state index >= 15 is 0 Å². The van der Waals surface area contributed by atoms with E-state index in [1.54, 1.807) is 6.92 Å². The van der Waals surface area contributed by atoms with Gasteiger partial charge in [0.1, 0.15) is 5.78 Å². The lowest BCUT2D eigenvalue weighted by molar-refractivity contribution is -0.131. The molecular weight excluding hydrogens is 232 g/mol. The zero-order valence-electron chi connectivity index (χ0n) is 11.2. The number of ketones is 1. The number of rotatable bonds is 3. The van der Waals surface area contributed by atoms with Crippen molar-refractivity contribution >= 4 is 17.5 Å². The van der Waals surface area contributed by atoms with Crippen LogP contribution in [0.25, 0.3) is 0 Å². The summed E-state index contributed by atoms with van der Waals surface area (Å²) in [5, 5.41) is 0. The minimum absolute atomic E-state index is 0.107. The molecule has 2 rings (SSSR count). The predicted octanol–water partition coefficient (Wildman–Crippen LogP) is 3.15. The third-order valence-corrected chi connectivity index (χ3v) is 5.52. The summed E-state index contributed by atoms with van der Waals surface area (Å²) in [6.07, 6.45) is 3.34. The van der Waals surface area contributed by atoms with Crippen LogP contribution >= 0.6 is 11.8 Å². The Morgan fingerprint density at radius 3 is 2.76 bits per heavy atom. The van der Waals surface area contributed by atoms with Crippen LogP contribution in [0.4, 0.5) is 0 Å². The molecule has 2 heterocycles. The largest absolute Gasteiger partial charge is 0.374 e. The molecule has 2 saturated heterocycles. The van der Waals surface area contributed by atoms with Crippen molar-refractivity contribution in [2.24, 2.45) is 17.8 Å². The van der Waals surface area contributed by atoms with Crippen molar-refractivity contribution in [1.82, 2.24) is 0 Å². The van der Waals surface area contributed by atoms with E-state index in [4.69, 9.17) is 4.74 Å². The summed E-state index contributed by atoms with van der Waals surface area (Å²) in [7, 11) is 0. The fourth-order valence-electron chi connectivity index (χ4n) is 3.58. The normalized spacial score (nSPS) is 35.4. The number of hydrogen-bond donors (Lipinski definition) is 0. The smallest absolute Gasteiger partial charge is 0.133 e. The van der Waals surface area contributed by atoms with Crippen molar-refractivity contribution in [3.63, 3.8) is 0 Å². The Hall–Kier alpha value is -0.0200. The summed E-state index contributed by atoms with van der Waals surface area (Å²) in [4.78, 5) is 11.8. The SMILES string of the molecule is CC(=O)C(C(C)C)C1CCOC2(CCSC2)C1. The first kappa shape index (κ1) is 13.4. The van der Waals surface area contributed by atoms with Crippen LogP contribution in [0.2, 0.25) is 0 Å². The highest BCUT2D eigenvalue weighted by molar-refractivity contribution is 7.99. The van der Waals surface area contributed by atoms with Crippen LogP contribution in [0.3, 0.4) is 0 Å². The fourth-order valence-corrected chi connectivity index (χ4v) is 4.96. The number of ether oxygens (including phenoxy) is 1. The number of hydrogen-bond acceptors (Lipinski definition) is 3. The van der Waals surface area contributed by atoms with Crippen LogP contribution in [0, 0.1) is 17.8 Å². The average Bonchev–Trinajstić information content (AvgIpc) is 2.65. The molecule has 0 aromatic carbocycles. The zero-order chi connectivity index (χ0) is 12.5. The van der Waals surface area contributed by atoms with Crippen molar-refractivity contribution in [3.8, 4) is 0 Å². The molecule has 0 aromatic rings. The van der Waals surface area contributed by atoms with Gasteiger partial charge in [-0.3, -0.25) is 4.79 Å². The van der Waals surface area contributed by atoms with Crippen LogP contribution in [0.15, 0.2) is 0 Å². The Morgan fingerprint density at radius 2 is 2.24 bits per heavy atom.